The lowest BCUT2D eigenvalue weighted by Crippen LogP contribution is -1.89. The number of H-pyrrole nitrogens is 1. The van der Waals surface area contributed by atoms with Crippen molar-refractivity contribution in [2.45, 2.75) is 6.92 Å². The van der Waals surface area contributed by atoms with Gasteiger partial charge in [0.25, 0.3) is 0 Å². The van der Waals surface area contributed by atoms with E-state index in [1.165, 1.54) is 0 Å². The smallest absolute Gasteiger partial charge is 0.175 e. The standard InChI is InChI=1S/C8H7NOS/c1-5(10)7-4-8-6(9-7)2-3-11-8/h2-4,9H,1H3. The van der Waals surface area contributed by atoms with Gasteiger partial charge in [0.2, 0.25) is 0 Å². The molecule has 0 saturated carbocycles. The molecule has 1 N–H and O–H groups in total. The topological polar surface area (TPSA) is 32.9 Å². The lowest BCUT2D eigenvalue weighted by molar-refractivity contribution is 0.101. The number of nitrogens with one attached hydrogen (secondary N) is 1. The first kappa shape index (κ1) is 6.61. The van der Waals surface area contributed by atoms with Gasteiger partial charge in [0.15, 0.2) is 5.78 Å². The van der Waals surface area contributed by atoms with E-state index in [1.54, 1.807) is 18.3 Å². The highest BCUT2D eigenvalue weighted by atomic mass is 32.1. The van der Waals surface area contributed by atoms with Crippen LogP contribution in [-0.2, 0) is 0 Å². The number of hydrogen-bond donors (Lipinski definition) is 1. The maximum absolute atomic E-state index is 10.9. The van der Waals surface area contributed by atoms with Crippen LogP contribution in [0.15, 0.2) is 17.5 Å². The largest absolute Gasteiger partial charge is 0.351 e. The summed E-state index contributed by atoms with van der Waals surface area (Å²) in [7, 11) is 0. The minimum Gasteiger partial charge on any atom is -0.351 e. The number of Topliss-reactive ketones (excluding diaryl/α,β-unsaturated/α-hetero) is 1. The fraction of sp³-hybridized carbons (Fsp3) is 0.125. The molecular formula is C8H7NOS. The highest BCUT2D eigenvalue weighted by Crippen LogP contribution is 2.21. The van der Waals surface area contributed by atoms with Crippen LogP contribution in [0.3, 0.4) is 0 Å². The Kier molecular flexibility index (Phi) is 1.32. The second-order valence-electron chi connectivity index (χ2n) is 2.44. The van der Waals surface area contributed by atoms with Crippen LogP contribution in [0.4, 0.5) is 0 Å². The van der Waals surface area contributed by atoms with Crippen molar-refractivity contribution in [3.63, 3.8) is 0 Å². The minimum atomic E-state index is 0.0911. The zero-order chi connectivity index (χ0) is 7.84. The van der Waals surface area contributed by atoms with E-state index in [9.17, 15) is 4.79 Å². The molecule has 0 unspecified atom stereocenters. The van der Waals surface area contributed by atoms with E-state index in [0.717, 1.165) is 10.2 Å². The molecule has 3 heteroatoms. The molecule has 0 saturated heterocycles. The summed E-state index contributed by atoms with van der Waals surface area (Å²) >= 11 is 1.64. The first-order chi connectivity index (χ1) is 5.27. The molecule has 0 radical (unpaired) electrons. The van der Waals surface area contributed by atoms with E-state index >= 15 is 0 Å². The summed E-state index contributed by atoms with van der Waals surface area (Å²) in [5.41, 5.74) is 1.76. The van der Waals surface area contributed by atoms with Gasteiger partial charge in [0.05, 0.1) is 15.9 Å². The molecule has 11 heavy (non-hydrogen) atoms. The molecule has 56 valence electrons. The Balaban J connectivity index is 2.67. The maximum atomic E-state index is 10.9. The third-order valence-electron chi connectivity index (χ3n) is 1.62. The number of hydrogen-bond acceptors (Lipinski definition) is 2. The van der Waals surface area contributed by atoms with Crippen molar-refractivity contribution in [3.05, 3.63) is 23.2 Å². The molecule has 0 aromatic carbocycles. The lowest BCUT2D eigenvalue weighted by atomic mass is 10.3. The maximum Gasteiger partial charge on any atom is 0.175 e. The second-order valence-corrected chi connectivity index (χ2v) is 3.39. The zero-order valence-electron chi connectivity index (χ0n) is 6.05. The van der Waals surface area contributed by atoms with Gasteiger partial charge >= 0.3 is 0 Å². The number of carbonyl (C=O) groups is 1. The molecule has 2 nitrogen and oxygen atoms in total. The Bertz CT molecular complexity index is 370. The second kappa shape index (κ2) is 2.20. The summed E-state index contributed by atoms with van der Waals surface area (Å²) in [6.45, 7) is 1.56. The van der Waals surface area contributed by atoms with Gasteiger partial charge in [-0.1, -0.05) is 0 Å². The molecule has 0 aliphatic rings. The average molecular weight is 165 g/mol. The van der Waals surface area contributed by atoms with E-state index in [0.29, 0.717) is 5.69 Å². The van der Waals surface area contributed by atoms with Gasteiger partial charge in [-0.25, -0.2) is 0 Å². The lowest BCUT2D eigenvalue weighted by Gasteiger charge is -1.83. The highest BCUT2D eigenvalue weighted by Gasteiger charge is 2.03. The van der Waals surface area contributed by atoms with Crippen LogP contribution in [0.1, 0.15) is 17.4 Å². The molecule has 0 fully saturated rings. The Morgan fingerprint density at radius 1 is 1.64 bits per heavy atom. The normalized spacial score (nSPS) is 10.6. The van der Waals surface area contributed by atoms with Crippen molar-refractivity contribution in [1.82, 2.24) is 4.98 Å². The molecule has 2 rings (SSSR count). The van der Waals surface area contributed by atoms with E-state index < -0.39 is 0 Å². The van der Waals surface area contributed by atoms with Crippen LogP contribution in [0.5, 0.6) is 0 Å². The highest BCUT2D eigenvalue weighted by molar-refractivity contribution is 7.17. The predicted octanol–water partition coefficient (Wildman–Crippen LogP) is 2.43. The first-order valence-corrected chi connectivity index (χ1v) is 4.22. The summed E-state index contributed by atoms with van der Waals surface area (Å²) in [6, 6.07) is 3.87. The number of aromatic nitrogens is 1. The van der Waals surface area contributed by atoms with Gasteiger partial charge < -0.3 is 4.98 Å². The van der Waals surface area contributed by atoms with Crippen molar-refractivity contribution in [3.8, 4) is 0 Å². The number of ketones is 1. The molecular weight excluding hydrogens is 158 g/mol. The quantitative estimate of drug-likeness (QED) is 0.647. The third kappa shape index (κ3) is 0.973. The van der Waals surface area contributed by atoms with E-state index in [2.05, 4.69) is 4.98 Å². The van der Waals surface area contributed by atoms with E-state index in [4.69, 9.17) is 0 Å². The summed E-state index contributed by atoms with van der Waals surface area (Å²) in [5.74, 6) is 0.0911. The van der Waals surface area contributed by atoms with Crippen LogP contribution >= 0.6 is 11.3 Å². The van der Waals surface area contributed by atoms with E-state index in [1.807, 2.05) is 17.5 Å². The number of fused-ring (bicyclic) bond motifs is 1. The third-order valence-corrected chi connectivity index (χ3v) is 2.48. The summed E-state index contributed by atoms with van der Waals surface area (Å²) in [6.07, 6.45) is 0. The number of carbonyl (C=O) groups excluding carboxylic acids is 1. The van der Waals surface area contributed by atoms with Gasteiger partial charge in [-0.2, -0.15) is 0 Å². The van der Waals surface area contributed by atoms with Crippen molar-refractivity contribution < 1.29 is 4.79 Å². The van der Waals surface area contributed by atoms with Crippen LogP contribution in [0.2, 0.25) is 0 Å². The summed E-state index contributed by atoms with van der Waals surface area (Å²) < 4.78 is 1.15. The van der Waals surface area contributed by atoms with Crippen molar-refractivity contribution in [1.29, 1.82) is 0 Å². The zero-order valence-corrected chi connectivity index (χ0v) is 6.87. The molecule has 0 spiro atoms. The monoisotopic (exact) mass is 165 g/mol. The van der Waals surface area contributed by atoms with Crippen molar-refractivity contribution >= 4 is 27.3 Å². The average Bonchev–Trinajstić information content (AvgIpc) is 2.40. The molecule has 0 aliphatic carbocycles. The molecule has 0 aliphatic heterocycles. The minimum absolute atomic E-state index is 0.0911. The molecule has 0 atom stereocenters. The van der Waals surface area contributed by atoms with Gasteiger partial charge in [-0.05, 0) is 17.5 Å². The fourth-order valence-corrected chi connectivity index (χ4v) is 1.82. The molecule has 2 aromatic rings. The molecule has 0 amide bonds. The number of thiophene rings is 1. The Morgan fingerprint density at radius 3 is 3.09 bits per heavy atom. The summed E-state index contributed by atoms with van der Waals surface area (Å²) in [5, 5.41) is 2.01. The SMILES string of the molecule is CC(=O)c1cc2sccc2[nH]1. The van der Waals surface area contributed by atoms with Crippen molar-refractivity contribution in [2.75, 3.05) is 0 Å². The molecule has 2 aromatic heterocycles. The van der Waals surface area contributed by atoms with E-state index in [-0.39, 0.29) is 5.78 Å². The van der Waals surface area contributed by atoms with Gasteiger partial charge in [0, 0.05) is 6.92 Å². The number of rotatable bonds is 1. The molecule has 0 bridgehead atoms. The van der Waals surface area contributed by atoms with Gasteiger partial charge in [-0.15, -0.1) is 11.3 Å². The molecule has 2 heterocycles. The first-order valence-electron chi connectivity index (χ1n) is 3.34. The predicted molar refractivity (Wildman–Crippen MR) is 46.2 cm³/mol. The number of aromatic amines is 1. The van der Waals surface area contributed by atoms with Gasteiger partial charge in [-0.3, -0.25) is 4.79 Å². The summed E-state index contributed by atoms with van der Waals surface area (Å²) in [4.78, 5) is 13.9. The Morgan fingerprint density at radius 2 is 2.45 bits per heavy atom. The fourth-order valence-electron chi connectivity index (χ4n) is 1.04. The Labute approximate surface area is 67.9 Å². The van der Waals surface area contributed by atoms with Crippen LogP contribution in [-0.4, -0.2) is 10.8 Å². The van der Waals surface area contributed by atoms with Crippen LogP contribution in [0.25, 0.3) is 10.2 Å². The van der Waals surface area contributed by atoms with Crippen LogP contribution < -0.4 is 0 Å². The Hall–Kier alpha value is -1.09. The van der Waals surface area contributed by atoms with Crippen LogP contribution in [0, 0.1) is 0 Å². The van der Waals surface area contributed by atoms with Gasteiger partial charge in [0.1, 0.15) is 0 Å². The van der Waals surface area contributed by atoms with Crippen molar-refractivity contribution in [2.24, 2.45) is 0 Å².